The summed E-state index contributed by atoms with van der Waals surface area (Å²) in [4.78, 5) is 0. The van der Waals surface area contributed by atoms with Gasteiger partial charge >= 0.3 is 0 Å². The first-order valence-electron chi connectivity index (χ1n) is 4.58. The molecule has 0 aliphatic heterocycles. The molecule has 1 aromatic heterocycles. The Morgan fingerprint density at radius 1 is 1.50 bits per heavy atom. The molecule has 80 valence electrons. The molecular formula is C8H15N3OS2. The van der Waals surface area contributed by atoms with Crippen LogP contribution in [0, 0.1) is 0 Å². The maximum Gasteiger partial charge on any atom is 0.0893 e. The molecule has 0 aliphatic carbocycles. The van der Waals surface area contributed by atoms with E-state index in [2.05, 4.69) is 14.9 Å². The van der Waals surface area contributed by atoms with E-state index < -0.39 is 0 Å². The third-order valence-corrected chi connectivity index (χ3v) is 3.20. The van der Waals surface area contributed by atoms with Crippen molar-refractivity contribution in [1.82, 2.24) is 14.9 Å². The first kappa shape index (κ1) is 11.9. The number of hydrogen-bond donors (Lipinski definition) is 2. The summed E-state index contributed by atoms with van der Waals surface area (Å²) in [7, 11) is 0. The van der Waals surface area contributed by atoms with Gasteiger partial charge in [0.2, 0.25) is 0 Å². The molecule has 6 heteroatoms. The number of rotatable bonds is 8. The van der Waals surface area contributed by atoms with Crippen LogP contribution in [-0.2, 0) is 6.54 Å². The Morgan fingerprint density at radius 3 is 3.14 bits per heavy atom. The van der Waals surface area contributed by atoms with Crippen LogP contribution in [0.15, 0.2) is 5.38 Å². The molecule has 4 nitrogen and oxygen atoms in total. The lowest BCUT2D eigenvalue weighted by Gasteiger charge is -2.01. The minimum atomic E-state index is 0.297. The molecular weight excluding hydrogens is 218 g/mol. The van der Waals surface area contributed by atoms with Crippen molar-refractivity contribution in [1.29, 1.82) is 0 Å². The summed E-state index contributed by atoms with van der Waals surface area (Å²) in [6.07, 6.45) is 0.890. The van der Waals surface area contributed by atoms with Crippen LogP contribution in [0.4, 0.5) is 0 Å². The average molecular weight is 233 g/mol. The summed E-state index contributed by atoms with van der Waals surface area (Å²) < 4.78 is 3.78. The fourth-order valence-corrected chi connectivity index (χ4v) is 2.17. The van der Waals surface area contributed by atoms with Gasteiger partial charge in [-0.15, -0.1) is 5.10 Å². The summed E-state index contributed by atoms with van der Waals surface area (Å²) in [5.74, 6) is 2.12. The van der Waals surface area contributed by atoms with E-state index in [1.807, 2.05) is 17.1 Å². The van der Waals surface area contributed by atoms with Crippen molar-refractivity contribution in [3.63, 3.8) is 0 Å². The van der Waals surface area contributed by atoms with E-state index in [9.17, 15) is 0 Å². The molecule has 0 aliphatic rings. The first-order valence-corrected chi connectivity index (χ1v) is 6.58. The molecule has 0 saturated carbocycles. The molecule has 0 aromatic carbocycles. The summed E-state index contributed by atoms with van der Waals surface area (Å²) in [6.45, 7) is 2.08. The van der Waals surface area contributed by atoms with Crippen LogP contribution in [0.1, 0.15) is 12.1 Å². The second-order valence-electron chi connectivity index (χ2n) is 2.76. The lowest BCUT2D eigenvalue weighted by molar-refractivity contribution is 0.296. The van der Waals surface area contributed by atoms with Crippen LogP contribution in [0.2, 0.25) is 0 Å². The highest BCUT2D eigenvalue weighted by Gasteiger charge is 1.94. The monoisotopic (exact) mass is 233 g/mol. The van der Waals surface area contributed by atoms with Gasteiger partial charge in [0.1, 0.15) is 0 Å². The zero-order valence-corrected chi connectivity index (χ0v) is 9.61. The van der Waals surface area contributed by atoms with E-state index in [-0.39, 0.29) is 0 Å². The Hall–Kier alpha value is -0.170. The first-order chi connectivity index (χ1) is 6.93. The number of aromatic nitrogens is 2. The predicted molar refractivity (Wildman–Crippen MR) is 60.6 cm³/mol. The number of nitrogens with one attached hydrogen (secondary N) is 1. The third-order valence-electron chi connectivity index (χ3n) is 1.58. The molecule has 0 spiro atoms. The second-order valence-corrected chi connectivity index (χ2v) is 4.60. The predicted octanol–water partition coefficient (Wildman–Crippen LogP) is 0.743. The molecule has 1 aromatic rings. The van der Waals surface area contributed by atoms with E-state index in [0.29, 0.717) is 6.61 Å². The average Bonchev–Trinajstić information content (AvgIpc) is 2.69. The highest BCUT2D eigenvalue weighted by atomic mass is 32.2. The maximum absolute atomic E-state index is 8.55. The zero-order chi connectivity index (χ0) is 10.1. The Kier molecular flexibility index (Phi) is 6.94. The van der Waals surface area contributed by atoms with Crippen molar-refractivity contribution in [3.05, 3.63) is 11.1 Å². The van der Waals surface area contributed by atoms with Gasteiger partial charge in [-0.2, -0.15) is 11.8 Å². The van der Waals surface area contributed by atoms with E-state index in [1.165, 1.54) is 11.5 Å². The Bertz CT molecular complexity index is 218. The van der Waals surface area contributed by atoms with Crippen molar-refractivity contribution in [2.75, 3.05) is 24.7 Å². The van der Waals surface area contributed by atoms with Crippen LogP contribution in [0.25, 0.3) is 0 Å². The smallest absolute Gasteiger partial charge is 0.0893 e. The molecule has 14 heavy (non-hydrogen) atoms. The lowest BCUT2D eigenvalue weighted by Crippen LogP contribution is -2.16. The molecule has 1 heterocycles. The van der Waals surface area contributed by atoms with Gasteiger partial charge in [-0.25, -0.2) is 0 Å². The van der Waals surface area contributed by atoms with Crippen LogP contribution in [0.5, 0.6) is 0 Å². The molecule has 1 rings (SSSR count). The SMILES string of the molecule is OCCCSCCNCc1csnn1. The standard InChI is InChI=1S/C8H15N3OS2/c12-3-1-4-13-5-2-9-6-8-7-14-11-10-8/h7,9,12H,1-6H2. The highest BCUT2D eigenvalue weighted by Crippen LogP contribution is 2.00. The third kappa shape index (κ3) is 5.54. The molecule has 0 amide bonds. The quantitative estimate of drug-likeness (QED) is 0.649. The molecule has 0 radical (unpaired) electrons. The molecule has 0 saturated heterocycles. The van der Waals surface area contributed by atoms with Gasteiger partial charge in [-0.3, -0.25) is 0 Å². The number of hydrogen-bond acceptors (Lipinski definition) is 6. The van der Waals surface area contributed by atoms with E-state index >= 15 is 0 Å². The second kappa shape index (κ2) is 8.16. The van der Waals surface area contributed by atoms with E-state index in [1.54, 1.807) is 0 Å². The van der Waals surface area contributed by atoms with Gasteiger partial charge in [0.05, 0.1) is 5.69 Å². The molecule has 0 fully saturated rings. The topological polar surface area (TPSA) is 58.0 Å². The van der Waals surface area contributed by atoms with Gasteiger partial charge in [0, 0.05) is 30.8 Å². The Labute approximate surface area is 92.3 Å². The van der Waals surface area contributed by atoms with Crippen LogP contribution < -0.4 is 5.32 Å². The van der Waals surface area contributed by atoms with Gasteiger partial charge in [0.15, 0.2) is 0 Å². The van der Waals surface area contributed by atoms with Gasteiger partial charge < -0.3 is 10.4 Å². The van der Waals surface area contributed by atoms with Crippen molar-refractivity contribution in [2.24, 2.45) is 0 Å². The Morgan fingerprint density at radius 2 is 2.43 bits per heavy atom. The minimum Gasteiger partial charge on any atom is -0.396 e. The van der Waals surface area contributed by atoms with Crippen LogP contribution in [-0.4, -0.2) is 39.4 Å². The Balaban J connectivity index is 1.85. The number of aliphatic hydroxyl groups is 1. The van der Waals surface area contributed by atoms with Crippen molar-refractivity contribution in [2.45, 2.75) is 13.0 Å². The zero-order valence-electron chi connectivity index (χ0n) is 7.98. The summed E-state index contributed by atoms with van der Waals surface area (Å²) >= 11 is 3.24. The fraction of sp³-hybridized carbons (Fsp3) is 0.750. The minimum absolute atomic E-state index is 0.297. The van der Waals surface area contributed by atoms with Gasteiger partial charge in [-0.05, 0) is 23.7 Å². The number of aliphatic hydroxyl groups excluding tert-OH is 1. The summed E-state index contributed by atoms with van der Waals surface area (Å²) in [6, 6.07) is 0. The maximum atomic E-state index is 8.55. The highest BCUT2D eigenvalue weighted by molar-refractivity contribution is 7.99. The normalized spacial score (nSPS) is 10.6. The number of thioether (sulfide) groups is 1. The molecule has 2 N–H and O–H groups in total. The molecule has 0 atom stereocenters. The summed E-state index contributed by atoms with van der Waals surface area (Å²) in [5.41, 5.74) is 1.01. The van der Waals surface area contributed by atoms with E-state index in [0.717, 1.165) is 36.7 Å². The fourth-order valence-electron chi connectivity index (χ4n) is 0.890. The van der Waals surface area contributed by atoms with Gasteiger partial charge in [0.25, 0.3) is 0 Å². The summed E-state index contributed by atoms with van der Waals surface area (Å²) in [5, 5.41) is 17.7. The van der Waals surface area contributed by atoms with Gasteiger partial charge in [-0.1, -0.05) is 4.49 Å². The molecule has 0 unspecified atom stereocenters. The van der Waals surface area contributed by atoms with E-state index in [4.69, 9.17) is 5.11 Å². The van der Waals surface area contributed by atoms with Crippen LogP contribution in [0.3, 0.4) is 0 Å². The van der Waals surface area contributed by atoms with Crippen molar-refractivity contribution < 1.29 is 5.11 Å². The molecule has 0 bridgehead atoms. The van der Waals surface area contributed by atoms with Crippen molar-refractivity contribution in [3.8, 4) is 0 Å². The van der Waals surface area contributed by atoms with Crippen molar-refractivity contribution >= 4 is 23.3 Å². The van der Waals surface area contributed by atoms with Crippen LogP contribution >= 0.6 is 23.3 Å². The largest absolute Gasteiger partial charge is 0.396 e. The number of nitrogens with zero attached hydrogens (tertiary/aromatic N) is 2. The lowest BCUT2D eigenvalue weighted by atomic mass is 10.5.